The van der Waals surface area contributed by atoms with Crippen molar-refractivity contribution in [1.29, 1.82) is 0 Å². The third-order valence-electron chi connectivity index (χ3n) is 5.15. The highest BCUT2D eigenvalue weighted by molar-refractivity contribution is 5.82. The maximum absolute atomic E-state index is 13.4. The Bertz CT molecular complexity index is 664. The van der Waals surface area contributed by atoms with E-state index >= 15 is 0 Å². The van der Waals surface area contributed by atoms with Crippen molar-refractivity contribution in [1.82, 2.24) is 4.90 Å². The van der Waals surface area contributed by atoms with Crippen molar-refractivity contribution < 1.29 is 19.0 Å². The summed E-state index contributed by atoms with van der Waals surface area (Å²) in [6.45, 7) is 6.88. The van der Waals surface area contributed by atoms with E-state index in [0.717, 1.165) is 24.2 Å². The fraction of sp³-hybridized carbons (Fsp3) is 0.458. The molecule has 0 amide bonds. The number of methoxy groups -OCH3 is 2. The van der Waals surface area contributed by atoms with Gasteiger partial charge in [-0.1, -0.05) is 74.5 Å². The molecule has 0 aliphatic rings. The smallest absolute Gasteiger partial charge is 0.318 e. The van der Waals surface area contributed by atoms with Gasteiger partial charge in [0.05, 0.1) is 6.61 Å². The molecule has 2 rings (SSSR count). The molecule has 0 radical (unpaired) electrons. The fourth-order valence-corrected chi connectivity index (χ4v) is 3.43. The number of benzene rings is 2. The monoisotopic (exact) mass is 399 g/mol. The zero-order valence-corrected chi connectivity index (χ0v) is 17.9. The first-order valence-corrected chi connectivity index (χ1v) is 10.2. The number of esters is 1. The van der Waals surface area contributed by atoms with Gasteiger partial charge in [0.1, 0.15) is 18.1 Å². The molecule has 29 heavy (non-hydrogen) atoms. The van der Waals surface area contributed by atoms with E-state index < -0.39 is 12.0 Å². The SMILES string of the molecule is CCN(CC)CC(OC(=O)C(c1ccccc1)c1ccccc1)C(COC)OC. The van der Waals surface area contributed by atoms with Crippen LogP contribution in [0.25, 0.3) is 0 Å². The van der Waals surface area contributed by atoms with Crippen LogP contribution in [0.5, 0.6) is 0 Å². The number of hydrogen-bond acceptors (Lipinski definition) is 5. The van der Waals surface area contributed by atoms with E-state index in [0.29, 0.717) is 13.2 Å². The molecule has 2 aromatic rings. The lowest BCUT2D eigenvalue weighted by atomic mass is 9.91. The number of carbonyl (C=O) groups excluding carboxylic acids is 1. The minimum atomic E-state index is -0.489. The van der Waals surface area contributed by atoms with Crippen molar-refractivity contribution in [2.24, 2.45) is 0 Å². The number of likely N-dealkylation sites (N-methyl/N-ethyl adjacent to an activating group) is 1. The molecule has 0 fully saturated rings. The van der Waals surface area contributed by atoms with Crippen molar-refractivity contribution in [2.75, 3.05) is 40.5 Å². The van der Waals surface area contributed by atoms with Crippen molar-refractivity contribution in [2.45, 2.75) is 32.0 Å². The first-order valence-electron chi connectivity index (χ1n) is 10.2. The molecule has 0 N–H and O–H groups in total. The second kappa shape index (κ2) is 12.4. The average Bonchev–Trinajstić information content (AvgIpc) is 2.76. The van der Waals surface area contributed by atoms with Gasteiger partial charge in [0, 0.05) is 20.8 Å². The Morgan fingerprint density at radius 2 is 1.38 bits per heavy atom. The van der Waals surface area contributed by atoms with E-state index in [9.17, 15) is 4.79 Å². The molecular weight excluding hydrogens is 366 g/mol. The predicted molar refractivity (Wildman–Crippen MR) is 115 cm³/mol. The third kappa shape index (κ3) is 6.67. The molecule has 158 valence electrons. The lowest BCUT2D eigenvalue weighted by molar-refractivity contribution is -0.161. The molecule has 0 saturated heterocycles. The van der Waals surface area contributed by atoms with Crippen LogP contribution in [0.3, 0.4) is 0 Å². The predicted octanol–water partition coefficient (Wildman–Crippen LogP) is 3.73. The van der Waals surface area contributed by atoms with E-state index in [1.54, 1.807) is 14.2 Å². The zero-order chi connectivity index (χ0) is 21.1. The van der Waals surface area contributed by atoms with Gasteiger partial charge in [-0.05, 0) is 24.2 Å². The highest BCUT2D eigenvalue weighted by Gasteiger charge is 2.31. The Labute approximate surface area is 174 Å². The normalized spacial score (nSPS) is 13.4. The lowest BCUT2D eigenvalue weighted by Crippen LogP contribution is -2.45. The molecule has 0 heterocycles. The van der Waals surface area contributed by atoms with E-state index in [4.69, 9.17) is 14.2 Å². The summed E-state index contributed by atoms with van der Waals surface area (Å²) in [7, 11) is 3.25. The van der Waals surface area contributed by atoms with E-state index in [-0.39, 0.29) is 12.1 Å². The molecule has 5 nitrogen and oxygen atoms in total. The van der Waals surface area contributed by atoms with Crippen LogP contribution in [0, 0.1) is 0 Å². The molecule has 0 spiro atoms. The topological polar surface area (TPSA) is 48.0 Å². The van der Waals surface area contributed by atoms with Crippen molar-refractivity contribution in [3.8, 4) is 0 Å². The minimum Gasteiger partial charge on any atom is -0.457 e. The molecule has 2 unspecified atom stereocenters. The van der Waals surface area contributed by atoms with Gasteiger partial charge in [0.25, 0.3) is 0 Å². The molecule has 0 aliphatic heterocycles. The minimum absolute atomic E-state index is 0.280. The van der Waals surface area contributed by atoms with Crippen LogP contribution in [0.1, 0.15) is 30.9 Å². The first kappa shape index (κ1) is 23.1. The number of carbonyl (C=O) groups is 1. The fourth-order valence-electron chi connectivity index (χ4n) is 3.43. The zero-order valence-electron chi connectivity index (χ0n) is 17.9. The second-order valence-electron chi connectivity index (χ2n) is 6.95. The van der Waals surface area contributed by atoms with Gasteiger partial charge in [-0.2, -0.15) is 0 Å². The summed E-state index contributed by atoms with van der Waals surface area (Å²) >= 11 is 0. The van der Waals surface area contributed by atoms with Crippen LogP contribution in [-0.4, -0.2) is 63.5 Å². The number of nitrogens with zero attached hydrogens (tertiary/aromatic N) is 1. The molecule has 0 bridgehead atoms. The standard InChI is InChI=1S/C24H33NO4/c1-5-25(6-2)17-21(22(28-4)18-27-3)29-24(26)23(19-13-9-7-10-14-19)20-15-11-8-12-16-20/h7-16,21-23H,5-6,17-18H2,1-4H3. The van der Waals surface area contributed by atoms with Crippen LogP contribution in [0.15, 0.2) is 60.7 Å². The maximum atomic E-state index is 13.4. The van der Waals surface area contributed by atoms with Gasteiger partial charge in [0.15, 0.2) is 0 Å². The third-order valence-corrected chi connectivity index (χ3v) is 5.15. The highest BCUT2D eigenvalue weighted by Crippen LogP contribution is 2.27. The summed E-state index contributed by atoms with van der Waals surface area (Å²) in [5, 5.41) is 0. The summed E-state index contributed by atoms with van der Waals surface area (Å²) in [4.78, 5) is 15.6. The first-order chi connectivity index (χ1) is 14.1. The van der Waals surface area contributed by atoms with Crippen molar-refractivity contribution in [3.63, 3.8) is 0 Å². The Morgan fingerprint density at radius 3 is 1.79 bits per heavy atom. The Kier molecular flexibility index (Phi) is 9.84. The summed E-state index contributed by atoms with van der Waals surface area (Å²) in [6.07, 6.45) is -0.765. The second-order valence-corrected chi connectivity index (χ2v) is 6.95. The Morgan fingerprint density at radius 1 is 0.862 bits per heavy atom. The van der Waals surface area contributed by atoms with Crippen LogP contribution in [-0.2, 0) is 19.0 Å². The van der Waals surface area contributed by atoms with Crippen LogP contribution < -0.4 is 0 Å². The molecule has 5 heteroatoms. The highest BCUT2D eigenvalue weighted by atomic mass is 16.6. The van der Waals surface area contributed by atoms with Gasteiger partial charge in [0.2, 0.25) is 0 Å². The molecule has 2 atom stereocenters. The molecule has 0 aliphatic carbocycles. The van der Waals surface area contributed by atoms with Gasteiger partial charge < -0.3 is 19.1 Å². The Balaban J connectivity index is 2.31. The molecular formula is C24H33NO4. The summed E-state index contributed by atoms with van der Waals surface area (Å²) in [5.74, 6) is -0.769. The number of hydrogen-bond donors (Lipinski definition) is 0. The van der Waals surface area contributed by atoms with Gasteiger partial charge in [-0.25, -0.2) is 0 Å². The quantitative estimate of drug-likeness (QED) is 0.509. The van der Waals surface area contributed by atoms with E-state index in [2.05, 4.69) is 18.7 Å². The average molecular weight is 400 g/mol. The van der Waals surface area contributed by atoms with E-state index in [1.165, 1.54) is 0 Å². The molecule has 2 aromatic carbocycles. The molecule has 0 saturated carbocycles. The van der Waals surface area contributed by atoms with Crippen LogP contribution in [0.4, 0.5) is 0 Å². The Hall–Kier alpha value is -2.21. The summed E-state index contributed by atoms with van der Waals surface area (Å²) in [5.41, 5.74) is 1.82. The maximum Gasteiger partial charge on any atom is 0.318 e. The van der Waals surface area contributed by atoms with Crippen LogP contribution in [0.2, 0.25) is 0 Å². The summed E-state index contributed by atoms with van der Waals surface area (Å²) in [6, 6.07) is 19.5. The summed E-state index contributed by atoms with van der Waals surface area (Å²) < 4.78 is 17.0. The largest absolute Gasteiger partial charge is 0.457 e. The number of ether oxygens (including phenoxy) is 3. The van der Waals surface area contributed by atoms with Crippen molar-refractivity contribution >= 4 is 5.97 Å². The van der Waals surface area contributed by atoms with Crippen molar-refractivity contribution in [3.05, 3.63) is 71.8 Å². The molecule has 0 aromatic heterocycles. The van der Waals surface area contributed by atoms with Gasteiger partial charge >= 0.3 is 5.97 Å². The van der Waals surface area contributed by atoms with Crippen LogP contribution >= 0.6 is 0 Å². The van der Waals surface area contributed by atoms with E-state index in [1.807, 2.05) is 60.7 Å². The van der Waals surface area contributed by atoms with Gasteiger partial charge in [-0.15, -0.1) is 0 Å². The number of rotatable bonds is 12. The lowest BCUT2D eigenvalue weighted by Gasteiger charge is -2.31. The van der Waals surface area contributed by atoms with Gasteiger partial charge in [-0.3, -0.25) is 4.79 Å².